The molecule has 0 spiro atoms. The number of allylic oxidation sites excluding steroid dienone is 2. The van der Waals surface area contributed by atoms with Crippen LogP contribution >= 0.6 is 0 Å². The lowest BCUT2D eigenvalue weighted by Crippen LogP contribution is -2.43. The second-order valence-corrected chi connectivity index (χ2v) is 7.60. The molecule has 0 aliphatic carbocycles. The summed E-state index contributed by atoms with van der Waals surface area (Å²) in [5.41, 5.74) is 0.892. The van der Waals surface area contributed by atoms with Crippen molar-refractivity contribution in [3.8, 4) is 0 Å². The number of hydrogen-bond acceptors (Lipinski definition) is 6. The number of hydrogen-bond donors (Lipinski definition) is 2. The Morgan fingerprint density at radius 2 is 1.65 bits per heavy atom. The molecule has 2 N–H and O–H groups in total. The van der Waals surface area contributed by atoms with E-state index in [1.807, 2.05) is 6.92 Å². The van der Waals surface area contributed by atoms with Crippen LogP contribution in [0.2, 0.25) is 6.04 Å². The van der Waals surface area contributed by atoms with Crippen LogP contribution in [0.15, 0.2) is 11.8 Å². The minimum atomic E-state index is -2.42. The molecule has 6 nitrogen and oxygen atoms in total. The second-order valence-electron chi connectivity index (χ2n) is 4.51. The first-order valence-electron chi connectivity index (χ1n) is 6.78. The molecule has 0 aromatic carbocycles. The molecule has 0 aromatic heterocycles. The zero-order valence-corrected chi connectivity index (χ0v) is 14.2. The molecule has 0 fully saturated rings. The number of rotatable bonds is 12. The van der Waals surface area contributed by atoms with Crippen LogP contribution in [0.3, 0.4) is 0 Å². The SMILES string of the molecule is CO[Si](CCCNCCNC(C)=CC(C)=O)(OC)OC. The van der Waals surface area contributed by atoms with Gasteiger partial charge < -0.3 is 23.9 Å². The molecule has 0 heterocycles. The van der Waals surface area contributed by atoms with E-state index in [4.69, 9.17) is 13.3 Å². The van der Waals surface area contributed by atoms with Crippen molar-refractivity contribution in [2.75, 3.05) is 41.0 Å². The fraction of sp³-hybridized carbons (Fsp3) is 0.769. The van der Waals surface area contributed by atoms with Gasteiger partial charge >= 0.3 is 8.80 Å². The monoisotopic (exact) mass is 304 g/mol. The van der Waals surface area contributed by atoms with Gasteiger partial charge in [-0.1, -0.05) is 0 Å². The lowest BCUT2D eigenvalue weighted by molar-refractivity contribution is -0.112. The fourth-order valence-corrected chi connectivity index (χ4v) is 3.54. The Kier molecular flexibility index (Phi) is 10.6. The highest BCUT2D eigenvalue weighted by Gasteiger charge is 2.36. The van der Waals surface area contributed by atoms with Gasteiger partial charge in [0.25, 0.3) is 0 Å². The maximum Gasteiger partial charge on any atom is 0.500 e. The summed E-state index contributed by atoms with van der Waals surface area (Å²) in [5, 5.41) is 6.49. The average Bonchev–Trinajstić information content (AvgIpc) is 2.42. The molecule has 0 saturated carbocycles. The summed E-state index contributed by atoms with van der Waals surface area (Å²) >= 11 is 0. The Balaban J connectivity index is 3.65. The summed E-state index contributed by atoms with van der Waals surface area (Å²) in [6, 6.07) is 0.792. The maximum absolute atomic E-state index is 10.8. The van der Waals surface area contributed by atoms with Crippen LogP contribution in [-0.4, -0.2) is 55.6 Å². The van der Waals surface area contributed by atoms with Crippen molar-refractivity contribution in [2.45, 2.75) is 26.3 Å². The third-order valence-electron chi connectivity index (χ3n) is 2.89. The average molecular weight is 304 g/mol. The Hall–Kier alpha value is -0.733. The molecule has 0 saturated heterocycles. The summed E-state index contributed by atoms with van der Waals surface area (Å²) in [6.07, 6.45) is 2.53. The Morgan fingerprint density at radius 3 is 2.15 bits per heavy atom. The Labute approximate surface area is 123 Å². The van der Waals surface area contributed by atoms with Crippen molar-refractivity contribution in [1.82, 2.24) is 10.6 Å². The lowest BCUT2D eigenvalue weighted by atomic mass is 10.3. The van der Waals surface area contributed by atoms with Crippen molar-refractivity contribution >= 4 is 14.6 Å². The van der Waals surface area contributed by atoms with Gasteiger partial charge in [0.15, 0.2) is 5.78 Å². The molecule has 0 radical (unpaired) electrons. The van der Waals surface area contributed by atoms with E-state index < -0.39 is 8.80 Å². The highest BCUT2D eigenvalue weighted by Crippen LogP contribution is 2.14. The van der Waals surface area contributed by atoms with E-state index in [0.717, 1.165) is 37.8 Å². The first-order valence-corrected chi connectivity index (χ1v) is 8.71. The van der Waals surface area contributed by atoms with Crippen molar-refractivity contribution in [2.24, 2.45) is 0 Å². The van der Waals surface area contributed by atoms with Gasteiger partial charge in [0.1, 0.15) is 0 Å². The number of carbonyl (C=O) groups is 1. The van der Waals surface area contributed by atoms with E-state index in [1.165, 1.54) is 0 Å². The van der Waals surface area contributed by atoms with Gasteiger partial charge in [0, 0.05) is 46.2 Å². The molecule has 0 rings (SSSR count). The zero-order valence-electron chi connectivity index (χ0n) is 13.2. The number of nitrogens with one attached hydrogen (secondary N) is 2. The third-order valence-corrected chi connectivity index (χ3v) is 5.73. The van der Waals surface area contributed by atoms with Gasteiger partial charge in [-0.05, 0) is 32.9 Å². The van der Waals surface area contributed by atoms with Crippen LogP contribution in [0, 0.1) is 0 Å². The first kappa shape index (κ1) is 19.3. The summed E-state index contributed by atoms with van der Waals surface area (Å²) in [4.78, 5) is 10.8. The molecule has 0 aromatic rings. The van der Waals surface area contributed by atoms with Gasteiger partial charge in [0.05, 0.1) is 0 Å². The summed E-state index contributed by atoms with van der Waals surface area (Å²) in [5.74, 6) is 0.0583. The first-order chi connectivity index (χ1) is 9.49. The molecular formula is C13H28N2O4Si. The van der Waals surface area contributed by atoms with Crippen LogP contribution in [0.5, 0.6) is 0 Å². The highest BCUT2D eigenvalue weighted by molar-refractivity contribution is 6.60. The highest BCUT2D eigenvalue weighted by atomic mass is 28.4. The van der Waals surface area contributed by atoms with Crippen LogP contribution < -0.4 is 10.6 Å². The van der Waals surface area contributed by atoms with Crippen molar-refractivity contribution in [3.63, 3.8) is 0 Å². The molecule has 0 amide bonds. The molecule has 0 atom stereocenters. The molecule has 118 valence electrons. The summed E-state index contributed by atoms with van der Waals surface area (Å²) in [7, 11) is 2.45. The molecule has 20 heavy (non-hydrogen) atoms. The molecule has 7 heteroatoms. The third kappa shape index (κ3) is 8.44. The molecular weight excluding hydrogens is 276 g/mol. The topological polar surface area (TPSA) is 68.8 Å². The van der Waals surface area contributed by atoms with E-state index in [-0.39, 0.29) is 5.78 Å². The van der Waals surface area contributed by atoms with E-state index in [2.05, 4.69) is 10.6 Å². The second kappa shape index (κ2) is 11.0. The Bertz CT molecular complexity index is 298. The minimum absolute atomic E-state index is 0.0583. The lowest BCUT2D eigenvalue weighted by Gasteiger charge is -2.24. The Morgan fingerprint density at radius 1 is 1.05 bits per heavy atom. The molecule has 0 unspecified atom stereocenters. The molecule has 0 aliphatic heterocycles. The van der Waals surface area contributed by atoms with Crippen LogP contribution in [-0.2, 0) is 18.1 Å². The number of carbonyl (C=O) groups excluding carboxylic acids is 1. The standard InChI is InChI=1S/C13H28N2O4Si/c1-12(11-13(2)16)15-9-8-14-7-6-10-20(17-3,18-4)19-5/h11,14-15H,6-10H2,1-5H3. The van der Waals surface area contributed by atoms with Gasteiger partial charge in [-0.15, -0.1) is 0 Å². The van der Waals surface area contributed by atoms with Crippen LogP contribution in [0.25, 0.3) is 0 Å². The summed E-state index contributed by atoms with van der Waals surface area (Å²) < 4.78 is 16.0. The van der Waals surface area contributed by atoms with Crippen molar-refractivity contribution < 1.29 is 18.1 Å². The van der Waals surface area contributed by atoms with Crippen LogP contribution in [0.1, 0.15) is 20.3 Å². The predicted octanol–water partition coefficient (Wildman–Crippen LogP) is 0.927. The fourth-order valence-electron chi connectivity index (χ4n) is 1.82. The van der Waals surface area contributed by atoms with Gasteiger partial charge in [-0.3, -0.25) is 4.79 Å². The quantitative estimate of drug-likeness (QED) is 0.317. The smallest absolute Gasteiger partial charge is 0.387 e. The van der Waals surface area contributed by atoms with Crippen LogP contribution in [0.4, 0.5) is 0 Å². The zero-order chi connectivity index (χ0) is 15.4. The van der Waals surface area contributed by atoms with E-state index in [9.17, 15) is 4.79 Å². The normalized spacial score (nSPS) is 12.6. The van der Waals surface area contributed by atoms with Crippen molar-refractivity contribution in [3.05, 3.63) is 11.8 Å². The van der Waals surface area contributed by atoms with Gasteiger partial charge in [0.2, 0.25) is 0 Å². The number of ketones is 1. The van der Waals surface area contributed by atoms with E-state index >= 15 is 0 Å². The predicted molar refractivity (Wildman–Crippen MR) is 81.5 cm³/mol. The van der Waals surface area contributed by atoms with Gasteiger partial charge in [-0.25, -0.2) is 0 Å². The van der Waals surface area contributed by atoms with Crippen molar-refractivity contribution in [1.29, 1.82) is 0 Å². The van der Waals surface area contributed by atoms with E-state index in [0.29, 0.717) is 0 Å². The van der Waals surface area contributed by atoms with E-state index in [1.54, 1.807) is 34.3 Å². The summed E-state index contributed by atoms with van der Waals surface area (Å²) in [6.45, 7) is 5.93. The molecule has 0 bridgehead atoms. The minimum Gasteiger partial charge on any atom is -0.387 e. The largest absolute Gasteiger partial charge is 0.500 e. The molecule has 0 aliphatic rings. The maximum atomic E-state index is 10.8. The van der Waals surface area contributed by atoms with Gasteiger partial charge in [-0.2, -0.15) is 0 Å².